The van der Waals surface area contributed by atoms with Crippen LogP contribution < -0.4 is 9.64 Å². The van der Waals surface area contributed by atoms with Crippen molar-refractivity contribution in [3.63, 3.8) is 0 Å². The van der Waals surface area contributed by atoms with Gasteiger partial charge in [-0.25, -0.2) is 0 Å². The molecule has 1 aliphatic rings. The van der Waals surface area contributed by atoms with E-state index >= 15 is 0 Å². The zero-order valence-electron chi connectivity index (χ0n) is 13.9. The van der Waals surface area contributed by atoms with Gasteiger partial charge in [-0.05, 0) is 43.3 Å². The predicted molar refractivity (Wildman–Crippen MR) is 97.2 cm³/mol. The fourth-order valence-electron chi connectivity index (χ4n) is 3.09. The Morgan fingerprint density at radius 2 is 1.92 bits per heavy atom. The molecule has 126 valence electrons. The SMILES string of the molecule is COc1cccc(N2CCN(C(=O)c3ccc(Cl)cc3)C[C@H]2C)c1. The van der Waals surface area contributed by atoms with Crippen molar-refractivity contribution in [1.29, 1.82) is 0 Å². The first-order valence-electron chi connectivity index (χ1n) is 8.04. The van der Waals surface area contributed by atoms with Gasteiger partial charge in [0.2, 0.25) is 0 Å². The highest BCUT2D eigenvalue weighted by Gasteiger charge is 2.27. The maximum absolute atomic E-state index is 12.6. The van der Waals surface area contributed by atoms with Crippen LogP contribution in [0.4, 0.5) is 5.69 Å². The van der Waals surface area contributed by atoms with E-state index in [0.717, 1.165) is 18.0 Å². The lowest BCUT2D eigenvalue weighted by Crippen LogP contribution is -2.53. The molecule has 1 saturated heterocycles. The van der Waals surface area contributed by atoms with E-state index in [1.807, 2.05) is 23.1 Å². The number of piperazine rings is 1. The summed E-state index contributed by atoms with van der Waals surface area (Å²) in [4.78, 5) is 16.9. The van der Waals surface area contributed by atoms with Crippen LogP contribution in [0.5, 0.6) is 5.75 Å². The molecule has 24 heavy (non-hydrogen) atoms. The van der Waals surface area contributed by atoms with Crippen molar-refractivity contribution in [3.8, 4) is 5.75 Å². The van der Waals surface area contributed by atoms with Crippen molar-refractivity contribution >= 4 is 23.2 Å². The Kier molecular flexibility index (Phi) is 4.95. The van der Waals surface area contributed by atoms with E-state index in [-0.39, 0.29) is 11.9 Å². The molecule has 5 heteroatoms. The number of hydrogen-bond donors (Lipinski definition) is 0. The minimum atomic E-state index is 0.0591. The zero-order chi connectivity index (χ0) is 17.1. The Labute approximate surface area is 147 Å². The van der Waals surface area contributed by atoms with Crippen LogP contribution >= 0.6 is 11.6 Å². The first-order chi connectivity index (χ1) is 11.6. The second kappa shape index (κ2) is 7.14. The minimum Gasteiger partial charge on any atom is -0.497 e. The van der Waals surface area contributed by atoms with Crippen LogP contribution in [0.1, 0.15) is 17.3 Å². The minimum absolute atomic E-state index is 0.0591. The monoisotopic (exact) mass is 344 g/mol. The molecule has 0 aliphatic carbocycles. The van der Waals surface area contributed by atoms with Crippen LogP contribution in [0.15, 0.2) is 48.5 Å². The van der Waals surface area contributed by atoms with Gasteiger partial charge in [-0.1, -0.05) is 17.7 Å². The molecule has 0 aromatic heterocycles. The fourth-order valence-corrected chi connectivity index (χ4v) is 3.22. The predicted octanol–water partition coefficient (Wildman–Crippen LogP) is 3.70. The molecule has 0 bridgehead atoms. The van der Waals surface area contributed by atoms with Crippen LogP contribution in [0.2, 0.25) is 5.02 Å². The number of nitrogens with zero attached hydrogens (tertiary/aromatic N) is 2. The van der Waals surface area contributed by atoms with E-state index in [2.05, 4.69) is 17.9 Å². The second-order valence-electron chi connectivity index (χ2n) is 6.00. The molecule has 1 amide bonds. The van der Waals surface area contributed by atoms with Crippen LogP contribution in [0, 0.1) is 0 Å². The summed E-state index contributed by atoms with van der Waals surface area (Å²) in [5.74, 6) is 0.906. The van der Waals surface area contributed by atoms with E-state index in [1.165, 1.54) is 0 Å². The number of amides is 1. The molecular weight excluding hydrogens is 324 g/mol. The standard InChI is InChI=1S/C19H21ClN2O2/c1-14-13-21(19(23)15-6-8-16(20)9-7-15)10-11-22(14)17-4-3-5-18(12-17)24-2/h3-9,12,14H,10-11,13H2,1-2H3/t14-/m1/s1. The largest absolute Gasteiger partial charge is 0.497 e. The van der Waals surface area contributed by atoms with Crippen molar-refractivity contribution in [2.45, 2.75) is 13.0 Å². The van der Waals surface area contributed by atoms with Gasteiger partial charge in [0.05, 0.1) is 7.11 Å². The van der Waals surface area contributed by atoms with Gasteiger partial charge in [-0.2, -0.15) is 0 Å². The fraction of sp³-hybridized carbons (Fsp3) is 0.316. The highest BCUT2D eigenvalue weighted by molar-refractivity contribution is 6.30. The van der Waals surface area contributed by atoms with Gasteiger partial charge in [0.15, 0.2) is 0 Å². The number of carbonyl (C=O) groups is 1. The highest BCUT2D eigenvalue weighted by atomic mass is 35.5. The van der Waals surface area contributed by atoms with Crippen LogP contribution in [-0.4, -0.2) is 43.6 Å². The maximum Gasteiger partial charge on any atom is 0.253 e. The lowest BCUT2D eigenvalue weighted by Gasteiger charge is -2.41. The molecule has 3 rings (SSSR count). The molecule has 1 atom stereocenters. The Morgan fingerprint density at radius 3 is 2.58 bits per heavy atom. The number of hydrogen-bond acceptors (Lipinski definition) is 3. The first-order valence-corrected chi connectivity index (χ1v) is 8.42. The van der Waals surface area contributed by atoms with E-state index in [9.17, 15) is 4.79 Å². The average Bonchev–Trinajstić information content (AvgIpc) is 2.61. The number of anilines is 1. The Balaban J connectivity index is 1.70. The van der Waals surface area contributed by atoms with E-state index in [1.54, 1.807) is 31.4 Å². The number of rotatable bonds is 3. The molecule has 0 N–H and O–H groups in total. The van der Waals surface area contributed by atoms with Gasteiger partial charge < -0.3 is 14.5 Å². The molecule has 2 aromatic rings. The van der Waals surface area contributed by atoms with Crippen molar-refractivity contribution in [2.24, 2.45) is 0 Å². The molecule has 0 spiro atoms. The van der Waals surface area contributed by atoms with E-state index < -0.39 is 0 Å². The average molecular weight is 345 g/mol. The number of methoxy groups -OCH3 is 1. The van der Waals surface area contributed by atoms with Crippen LogP contribution in [-0.2, 0) is 0 Å². The lowest BCUT2D eigenvalue weighted by molar-refractivity contribution is 0.0726. The molecule has 1 aliphatic heterocycles. The summed E-state index contributed by atoms with van der Waals surface area (Å²) < 4.78 is 5.31. The highest BCUT2D eigenvalue weighted by Crippen LogP contribution is 2.25. The van der Waals surface area contributed by atoms with Crippen LogP contribution in [0.25, 0.3) is 0 Å². The van der Waals surface area contributed by atoms with Crippen molar-refractivity contribution in [3.05, 3.63) is 59.1 Å². The summed E-state index contributed by atoms with van der Waals surface area (Å²) in [7, 11) is 1.67. The molecule has 0 saturated carbocycles. The molecule has 0 radical (unpaired) electrons. The third kappa shape index (κ3) is 3.49. The normalized spacial score (nSPS) is 17.7. The molecule has 1 fully saturated rings. The smallest absolute Gasteiger partial charge is 0.253 e. The van der Waals surface area contributed by atoms with Gasteiger partial charge in [-0.3, -0.25) is 4.79 Å². The van der Waals surface area contributed by atoms with E-state index in [4.69, 9.17) is 16.3 Å². The summed E-state index contributed by atoms with van der Waals surface area (Å²) in [6.07, 6.45) is 0. The summed E-state index contributed by atoms with van der Waals surface area (Å²) in [6.45, 7) is 4.33. The maximum atomic E-state index is 12.6. The van der Waals surface area contributed by atoms with Crippen molar-refractivity contribution in [1.82, 2.24) is 4.90 Å². The summed E-state index contributed by atoms with van der Waals surface area (Å²) in [6, 6.07) is 15.4. The quantitative estimate of drug-likeness (QED) is 0.851. The van der Waals surface area contributed by atoms with Gasteiger partial charge in [0.25, 0.3) is 5.91 Å². The molecule has 2 aromatic carbocycles. The zero-order valence-corrected chi connectivity index (χ0v) is 14.7. The molecule has 4 nitrogen and oxygen atoms in total. The number of halogens is 1. The Bertz CT molecular complexity index is 718. The van der Waals surface area contributed by atoms with Gasteiger partial charge in [0.1, 0.15) is 5.75 Å². The number of carbonyl (C=O) groups excluding carboxylic acids is 1. The third-order valence-corrected chi connectivity index (χ3v) is 4.64. The summed E-state index contributed by atoms with van der Waals surface area (Å²) in [5.41, 5.74) is 1.81. The Hall–Kier alpha value is -2.20. The topological polar surface area (TPSA) is 32.8 Å². The molecule has 1 heterocycles. The van der Waals surface area contributed by atoms with Crippen molar-refractivity contribution < 1.29 is 9.53 Å². The van der Waals surface area contributed by atoms with Gasteiger partial charge in [-0.15, -0.1) is 0 Å². The summed E-state index contributed by atoms with van der Waals surface area (Å²) >= 11 is 5.90. The number of benzene rings is 2. The molecule has 0 unspecified atom stereocenters. The first kappa shape index (κ1) is 16.7. The second-order valence-corrected chi connectivity index (χ2v) is 6.44. The number of ether oxygens (including phenoxy) is 1. The van der Waals surface area contributed by atoms with Gasteiger partial charge in [0, 0.05) is 48.0 Å². The van der Waals surface area contributed by atoms with Crippen molar-refractivity contribution in [2.75, 3.05) is 31.6 Å². The molecular formula is C19H21ClN2O2. The van der Waals surface area contributed by atoms with Crippen LogP contribution in [0.3, 0.4) is 0 Å². The Morgan fingerprint density at radius 1 is 1.17 bits per heavy atom. The van der Waals surface area contributed by atoms with Gasteiger partial charge >= 0.3 is 0 Å². The summed E-state index contributed by atoms with van der Waals surface area (Å²) in [5, 5.41) is 0.641. The lowest BCUT2D eigenvalue weighted by atomic mass is 10.1. The third-order valence-electron chi connectivity index (χ3n) is 4.39. The van der Waals surface area contributed by atoms with E-state index in [0.29, 0.717) is 23.7 Å².